The maximum Gasteiger partial charge on any atom is 0.252 e. The van der Waals surface area contributed by atoms with Crippen LogP contribution in [0.15, 0.2) is 48.8 Å². The molecule has 0 aliphatic carbocycles. The van der Waals surface area contributed by atoms with Gasteiger partial charge >= 0.3 is 0 Å². The van der Waals surface area contributed by atoms with Gasteiger partial charge in [0, 0.05) is 30.4 Å². The third kappa shape index (κ3) is 2.59. The largest absolute Gasteiger partial charge is 0.340 e. The number of amides is 1. The molecule has 29 heavy (non-hydrogen) atoms. The fourth-order valence-electron chi connectivity index (χ4n) is 4.70. The number of hydrogen-bond acceptors (Lipinski definition) is 4. The summed E-state index contributed by atoms with van der Waals surface area (Å²) in [4.78, 5) is 26.6. The quantitative estimate of drug-likeness (QED) is 0.649. The predicted octanol–water partition coefficient (Wildman–Crippen LogP) is 4.31. The van der Waals surface area contributed by atoms with Crippen molar-refractivity contribution in [1.29, 1.82) is 0 Å². The van der Waals surface area contributed by atoms with Crippen molar-refractivity contribution in [3.63, 3.8) is 0 Å². The van der Waals surface area contributed by atoms with Crippen LogP contribution in [0.3, 0.4) is 0 Å². The van der Waals surface area contributed by atoms with E-state index < -0.39 is 5.54 Å². The first-order valence-electron chi connectivity index (χ1n) is 9.92. The van der Waals surface area contributed by atoms with Crippen molar-refractivity contribution in [3.05, 3.63) is 53.8 Å². The van der Waals surface area contributed by atoms with Gasteiger partial charge in [-0.3, -0.25) is 9.36 Å². The normalized spacial score (nSPS) is 20.7. The lowest BCUT2D eigenvalue weighted by Gasteiger charge is -2.45. The Balaban J connectivity index is 1.64. The summed E-state index contributed by atoms with van der Waals surface area (Å²) in [7, 11) is 1.82. The molecule has 2 aliphatic rings. The molecule has 0 saturated carbocycles. The molecule has 3 aromatic rings. The van der Waals surface area contributed by atoms with E-state index in [9.17, 15) is 4.79 Å². The number of anilines is 2. The van der Waals surface area contributed by atoms with Crippen LogP contribution in [0.1, 0.15) is 26.2 Å². The fourth-order valence-corrected chi connectivity index (χ4v) is 4.89. The average molecular weight is 408 g/mol. The van der Waals surface area contributed by atoms with E-state index in [-0.39, 0.29) is 5.91 Å². The van der Waals surface area contributed by atoms with Crippen molar-refractivity contribution in [2.75, 3.05) is 23.4 Å². The molecular weight excluding hydrogens is 386 g/mol. The van der Waals surface area contributed by atoms with Gasteiger partial charge in [-0.25, -0.2) is 4.98 Å². The Hall–Kier alpha value is -2.86. The van der Waals surface area contributed by atoms with Crippen LogP contribution < -0.4 is 9.80 Å². The van der Waals surface area contributed by atoms with Gasteiger partial charge in [0.15, 0.2) is 5.82 Å². The summed E-state index contributed by atoms with van der Waals surface area (Å²) in [5.74, 6) is 1.56. The molecule has 1 amide bonds. The molecule has 1 aromatic carbocycles. The third-order valence-corrected chi connectivity index (χ3v) is 6.45. The van der Waals surface area contributed by atoms with Gasteiger partial charge in [0.1, 0.15) is 11.2 Å². The van der Waals surface area contributed by atoms with Crippen LogP contribution >= 0.6 is 11.6 Å². The summed E-state index contributed by atoms with van der Waals surface area (Å²) in [6.45, 7) is 2.92. The molecule has 2 aliphatic heterocycles. The second kappa shape index (κ2) is 6.59. The highest BCUT2D eigenvalue weighted by molar-refractivity contribution is 6.30. The van der Waals surface area contributed by atoms with Crippen LogP contribution in [0.2, 0.25) is 5.02 Å². The first-order valence-corrected chi connectivity index (χ1v) is 10.3. The third-order valence-electron chi connectivity index (χ3n) is 6.22. The molecule has 1 atom stereocenters. The number of carbonyl (C=O) groups excluding carboxylic acids is 1. The minimum atomic E-state index is -0.486. The van der Waals surface area contributed by atoms with E-state index >= 15 is 0 Å². The number of likely N-dealkylation sites (N-methyl/N-ethyl adjacent to an activating group) is 1. The number of rotatable bonds is 3. The zero-order valence-electron chi connectivity index (χ0n) is 16.5. The summed E-state index contributed by atoms with van der Waals surface area (Å²) < 4.78 is 1.96. The Morgan fingerprint density at radius 2 is 2.10 bits per heavy atom. The highest BCUT2D eigenvalue weighted by Crippen LogP contribution is 2.45. The molecule has 7 heteroatoms. The topological polar surface area (TPSA) is 54.3 Å². The molecule has 148 valence electrons. The molecule has 1 fully saturated rings. The molecule has 0 unspecified atom stereocenters. The minimum Gasteiger partial charge on any atom is -0.340 e. The van der Waals surface area contributed by atoms with Gasteiger partial charge in [0.2, 0.25) is 5.95 Å². The molecule has 6 nitrogen and oxygen atoms in total. The van der Waals surface area contributed by atoms with Gasteiger partial charge in [-0.1, -0.05) is 30.7 Å². The van der Waals surface area contributed by atoms with Gasteiger partial charge in [0.25, 0.3) is 5.91 Å². The van der Waals surface area contributed by atoms with E-state index in [0.29, 0.717) is 11.0 Å². The van der Waals surface area contributed by atoms with E-state index in [1.54, 1.807) is 11.1 Å². The van der Waals surface area contributed by atoms with Crippen LogP contribution in [0.5, 0.6) is 0 Å². The van der Waals surface area contributed by atoms with E-state index in [0.717, 1.165) is 48.6 Å². The number of benzene rings is 1. The van der Waals surface area contributed by atoms with Crippen LogP contribution in [0.25, 0.3) is 17.2 Å². The average Bonchev–Trinajstić information content (AvgIpc) is 3.39. The smallest absolute Gasteiger partial charge is 0.252 e. The predicted molar refractivity (Wildman–Crippen MR) is 115 cm³/mol. The molecule has 1 saturated heterocycles. The maximum absolute atomic E-state index is 13.1. The number of carbonyl (C=O) groups is 1. The number of aromatic nitrogens is 3. The second-order valence-corrected chi connectivity index (χ2v) is 8.09. The summed E-state index contributed by atoms with van der Waals surface area (Å²) in [5.41, 5.74) is 2.25. The van der Waals surface area contributed by atoms with Crippen molar-refractivity contribution < 1.29 is 4.79 Å². The SMILES string of the molecule is CC[C@@]12CCCN1c1nc(-n3cccc3-c3cccc(Cl)c3)ncc1N(C)C2=O. The Labute approximate surface area is 174 Å². The van der Waals surface area contributed by atoms with Gasteiger partial charge in [-0.15, -0.1) is 0 Å². The van der Waals surface area contributed by atoms with Gasteiger partial charge < -0.3 is 9.80 Å². The lowest BCUT2D eigenvalue weighted by atomic mass is 9.89. The Morgan fingerprint density at radius 3 is 2.90 bits per heavy atom. The van der Waals surface area contributed by atoms with E-state index in [1.165, 1.54) is 0 Å². The van der Waals surface area contributed by atoms with Crippen LogP contribution in [-0.4, -0.2) is 39.6 Å². The summed E-state index contributed by atoms with van der Waals surface area (Å²) >= 11 is 6.19. The van der Waals surface area contributed by atoms with Gasteiger partial charge in [-0.2, -0.15) is 4.98 Å². The monoisotopic (exact) mass is 407 g/mol. The standard InChI is InChI=1S/C22H22ClN5O/c1-3-22-10-6-12-28(22)19-18(26(2)20(22)29)14-24-21(25-19)27-11-5-9-17(27)15-7-4-8-16(23)13-15/h4-5,7-9,11,13-14H,3,6,10,12H2,1-2H3/t22-/m0/s1. The highest BCUT2D eigenvalue weighted by atomic mass is 35.5. The van der Waals surface area contributed by atoms with Crippen LogP contribution in [0, 0.1) is 0 Å². The number of halogens is 1. The zero-order valence-corrected chi connectivity index (χ0v) is 17.2. The van der Waals surface area contributed by atoms with E-state index in [1.807, 2.05) is 54.2 Å². The Kier molecular flexibility index (Phi) is 4.13. The fraction of sp³-hybridized carbons (Fsp3) is 0.318. The first-order chi connectivity index (χ1) is 14.0. The van der Waals surface area contributed by atoms with Crippen molar-refractivity contribution >= 4 is 29.0 Å². The Bertz CT molecular complexity index is 1110. The molecule has 0 N–H and O–H groups in total. The molecule has 2 aromatic heterocycles. The minimum absolute atomic E-state index is 0.141. The lowest BCUT2D eigenvalue weighted by Crippen LogP contribution is -2.59. The van der Waals surface area contributed by atoms with Crippen molar-refractivity contribution in [2.24, 2.45) is 0 Å². The summed E-state index contributed by atoms with van der Waals surface area (Å²) in [5, 5.41) is 0.687. The summed E-state index contributed by atoms with van der Waals surface area (Å²) in [6, 6.07) is 11.7. The molecule has 0 bridgehead atoms. The highest BCUT2D eigenvalue weighted by Gasteiger charge is 2.52. The Morgan fingerprint density at radius 1 is 1.24 bits per heavy atom. The maximum atomic E-state index is 13.1. The lowest BCUT2D eigenvalue weighted by molar-refractivity contribution is -0.123. The molecule has 4 heterocycles. The summed E-state index contributed by atoms with van der Waals surface area (Å²) in [6.07, 6.45) is 6.33. The van der Waals surface area contributed by atoms with Crippen molar-refractivity contribution in [3.8, 4) is 17.2 Å². The molecule has 0 spiro atoms. The molecule has 5 rings (SSSR count). The van der Waals surface area contributed by atoms with Crippen LogP contribution in [0.4, 0.5) is 11.5 Å². The number of hydrogen-bond donors (Lipinski definition) is 0. The van der Waals surface area contributed by atoms with Crippen molar-refractivity contribution in [1.82, 2.24) is 14.5 Å². The second-order valence-electron chi connectivity index (χ2n) is 7.66. The number of fused-ring (bicyclic) bond motifs is 3. The first kappa shape index (κ1) is 18.2. The molecule has 0 radical (unpaired) electrons. The van der Waals surface area contributed by atoms with E-state index in [2.05, 4.69) is 16.8 Å². The van der Waals surface area contributed by atoms with Crippen LogP contribution in [-0.2, 0) is 4.79 Å². The van der Waals surface area contributed by atoms with E-state index in [4.69, 9.17) is 16.6 Å². The zero-order chi connectivity index (χ0) is 20.2. The molecular formula is C22H22ClN5O. The van der Waals surface area contributed by atoms with Gasteiger partial charge in [-0.05, 0) is 43.5 Å². The number of nitrogens with zero attached hydrogens (tertiary/aromatic N) is 5. The van der Waals surface area contributed by atoms with Gasteiger partial charge in [0.05, 0.1) is 11.9 Å². The van der Waals surface area contributed by atoms with Crippen molar-refractivity contribution in [2.45, 2.75) is 31.7 Å².